The van der Waals surface area contributed by atoms with E-state index >= 15 is 0 Å². The fourth-order valence-electron chi connectivity index (χ4n) is 1.61. The maximum Gasteiger partial charge on any atom is 0.406 e. The number of carbonyl (C=O) groups is 1. The molecule has 0 aliphatic heterocycles. The van der Waals surface area contributed by atoms with Crippen molar-refractivity contribution in [2.75, 3.05) is 6.54 Å². The van der Waals surface area contributed by atoms with Gasteiger partial charge in [-0.25, -0.2) is 4.98 Å². The minimum absolute atomic E-state index is 0.0347. The van der Waals surface area contributed by atoms with Crippen molar-refractivity contribution >= 4 is 5.91 Å². The summed E-state index contributed by atoms with van der Waals surface area (Å²) in [4.78, 5) is 15.9. The van der Waals surface area contributed by atoms with E-state index in [9.17, 15) is 22.4 Å². The molecule has 7 heteroatoms. The lowest BCUT2D eigenvalue weighted by atomic mass is 10.2. The highest BCUT2D eigenvalue weighted by Crippen LogP contribution is 2.31. The highest BCUT2D eigenvalue weighted by Gasteiger charge is 2.40. The van der Waals surface area contributed by atoms with Crippen LogP contribution in [0.5, 0.6) is 0 Å². The van der Waals surface area contributed by atoms with Gasteiger partial charge in [0.2, 0.25) is 5.95 Å². The zero-order valence-corrected chi connectivity index (χ0v) is 9.25. The first-order valence-corrected chi connectivity index (χ1v) is 5.36. The molecule has 2 rings (SSSR count). The number of hydrogen-bond donors (Lipinski definition) is 0. The number of alkyl halides is 3. The Morgan fingerprint density at radius 2 is 2.06 bits per heavy atom. The molecule has 1 heterocycles. The van der Waals surface area contributed by atoms with Crippen LogP contribution in [0, 0.1) is 5.95 Å². The molecule has 1 aromatic rings. The Labute approximate surface area is 100 Å². The first-order valence-electron chi connectivity index (χ1n) is 5.36. The van der Waals surface area contributed by atoms with Crippen LogP contribution >= 0.6 is 0 Å². The van der Waals surface area contributed by atoms with Gasteiger partial charge in [0.1, 0.15) is 6.54 Å². The standard InChI is InChI=1S/C11H10F4N2O/c12-9-4-1-7(5-16-9)10(18)17(8-2-3-8)6-11(13,14)15/h1,4-5,8H,2-3,6H2. The number of nitrogens with zero attached hydrogens (tertiary/aromatic N) is 2. The Hall–Kier alpha value is -1.66. The normalized spacial score (nSPS) is 15.6. The maximum atomic E-state index is 12.6. The summed E-state index contributed by atoms with van der Waals surface area (Å²) in [5.41, 5.74) is -0.0347. The molecule has 0 radical (unpaired) electrons. The van der Waals surface area contributed by atoms with Gasteiger partial charge in [0.05, 0.1) is 5.56 Å². The Morgan fingerprint density at radius 1 is 1.39 bits per heavy atom. The molecule has 1 aliphatic rings. The van der Waals surface area contributed by atoms with Crippen molar-refractivity contribution in [2.24, 2.45) is 0 Å². The van der Waals surface area contributed by atoms with Crippen molar-refractivity contribution in [3.63, 3.8) is 0 Å². The first kappa shape index (κ1) is 12.8. The molecule has 1 aliphatic carbocycles. The molecule has 3 nitrogen and oxygen atoms in total. The van der Waals surface area contributed by atoms with E-state index in [1.165, 1.54) is 0 Å². The van der Waals surface area contributed by atoms with E-state index in [2.05, 4.69) is 4.98 Å². The van der Waals surface area contributed by atoms with E-state index in [1.807, 2.05) is 0 Å². The fraction of sp³-hybridized carbons (Fsp3) is 0.455. The van der Waals surface area contributed by atoms with Gasteiger partial charge in [-0.1, -0.05) is 0 Å². The summed E-state index contributed by atoms with van der Waals surface area (Å²) in [6, 6.07) is 1.71. The van der Waals surface area contributed by atoms with Crippen molar-refractivity contribution < 1.29 is 22.4 Å². The van der Waals surface area contributed by atoms with Gasteiger partial charge in [-0.3, -0.25) is 4.79 Å². The van der Waals surface area contributed by atoms with Crippen LogP contribution in [0.1, 0.15) is 23.2 Å². The third kappa shape index (κ3) is 3.18. The minimum atomic E-state index is -4.44. The summed E-state index contributed by atoms with van der Waals surface area (Å²) < 4.78 is 49.7. The van der Waals surface area contributed by atoms with Crippen LogP contribution in [0.2, 0.25) is 0 Å². The molecule has 1 fully saturated rings. The van der Waals surface area contributed by atoms with Gasteiger partial charge in [0.15, 0.2) is 0 Å². The molecule has 1 amide bonds. The quantitative estimate of drug-likeness (QED) is 0.619. The molecule has 0 atom stereocenters. The van der Waals surface area contributed by atoms with Gasteiger partial charge in [0.25, 0.3) is 5.91 Å². The van der Waals surface area contributed by atoms with E-state index in [0.29, 0.717) is 12.8 Å². The largest absolute Gasteiger partial charge is 0.406 e. The molecular weight excluding hydrogens is 252 g/mol. The lowest BCUT2D eigenvalue weighted by Gasteiger charge is -2.23. The number of aromatic nitrogens is 1. The SMILES string of the molecule is O=C(c1ccc(F)nc1)N(CC(F)(F)F)C1CC1. The van der Waals surface area contributed by atoms with Crippen LogP contribution in [0.3, 0.4) is 0 Å². The monoisotopic (exact) mass is 262 g/mol. The summed E-state index contributed by atoms with van der Waals surface area (Å²) >= 11 is 0. The molecule has 98 valence electrons. The molecule has 1 saturated carbocycles. The van der Waals surface area contributed by atoms with Gasteiger partial charge in [-0.2, -0.15) is 17.6 Å². The zero-order valence-electron chi connectivity index (χ0n) is 9.25. The van der Waals surface area contributed by atoms with Gasteiger partial charge in [-0.05, 0) is 25.0 Å². The highest BCUT2D eigenvalue weighted by molar-refractivity contribution is 5.94. The number of rotatable bonds is 3. The number of amides is 1. The number of carbonyl (C=O) groups excluding carboxylic acids is 1. The van der Waals surface area contributed by atoms with E-state index in [-0.39, 0.29) is 11.6 Å². The second-order valence-corrected chi connectivity index (χ2v) is 4.15. The second-order valence-electron chi connectivity index (χ2n) is 4.15. The maximum absolute atomic E-state index is 12.6. The second kappa shape index (κ2) is 4.55. The molecule has 0 saturated heterocycles. The topological polar surface area (TPSA) is 33.2 Å². The van der Waals surface area contributed by atoms with Crippen molar-refractivity contribution in [1.82, 2.24) is 9.88 Å². The van der Waals surface area contributed by atoms with Crippen LogP contribution in [-0.2, 0) is 0 Å². The summed E-state index contributed by atoms with van der Waals surface area (Å²) in [6.07, 6.45) is -2.36. The third-order valence-corrected chi connectivity index (χ3v) is 2.57. The van der Waals surface area contributed by atoms with Gasteiger partial charge in [0, 0.05) is 12.2 Å². The average Bonchev–Trinajstić information content (AvgIpc) is 3.08. The number of pyridine rings is 1. The Kier molecular flexibility index (Phi) is 3.23. The number of halogens is 4. The molecular formula is C11H10F4N2O. The molecule has 0 aromatic carbocycles. The van der Waals surface area contributed by atoms with Crippen LogP contribution in [-0.4, -0.2) is 34.6 Å². The summed E-state index contributed by atoms with van der Waals surface area (Å²) in [7, 11) is 0. The first-order chi connectivity index (χ1) is 8.37. The molecule has 0 spiro atoms. The lowest BCUT2D eigenvalue weighted by Crippen LogP contribution is -2.40. The minimum Gasteiger partial charge on any atom is -0.327 e. The van der Waals surface area contributed by atoms with E-state index in [4.69, 9.17) is 0 Å². The smallest absolute Gasteiger partial charge is 0.327 e. The molecule has 0 bridgehead atoms. The average molecular weight is 262 g/mol. The summed E-state index contributed by atoms with van der Waals surface area (Å²) in [6.45, 7) is -1.28. The van der Waals surface area contributed by atoms with Crippen molar-refractivity contribution in [1.29, 1.82) is 0 Å². The van der Waals surface area contributed by atoms with Gasteiger partial charge >= 0.3 is 6.18 Å². The van der Waals surface area contributed by atoms with Crippen LogP contribution in [0.15, 0.2) is 18.3 Å². The Balaban J connectivity index is 2.15. The Morgan fingerprint density at radius 3 is 2.50 bits per heavy atom. The van der Waals surface area contributed by atoms with E-state index in [0.717, 1.165) is 23.2 Å². The molecule has 18 heavy (non-hydrogen) atoms. The van der Waals surface area contributed by atoms with Gasteiger partial charge in [-0.15, -0.1) is 0 Å². The fourth-order valence-corrected chi connectivity index (χ4v) is 1.61. The van der Waals surface area contributed by atoms with Crippen LogP contribution in [0.4, 0.5) is 17.6 Å². The van der Waals surface area contributed by atoms with Crippen molar-refractivity contribution in [3.8, 4) is 0 Å². The van der Waals surface area contributed by atoms with Crippen molar-refractivity contribution in [3.05, 3.63) is 29.8 Å². The molecule has 0 N–H and O–H groups in total. The Bertz CT molecular complexity index is 439. The van der Waals surface area contributed by atoms with E-state index < -0.39 is 24.6 Å². The van der Waals surface area contributed by atoms with Crippen LogP contribution in [0.25, 0.3) is 0 Å². The lowest BCUT2D eigenvalue weighted by molar-refractivity contribution is -0.141. The summed E-state index contributed by atoms with van der Waals surface area (Å²) in [5.74, 6) is -1.54. The predicted octanol–water partition coefficient (Wildman–Crippen LogP) is 2.39. The molecule has 0 unspecified atom stereocenters. The zero-order chi connectivity index (χ0) is 13.3. The van der Waals surface area contributed by atoms with Gasteiger partial charge < -0.3 is 4.90 Å². The summed E-state index contributed by atoms with van der Waals surface area (Å²) in [5, 5.41) is 0. The highest BCUT2D eigenvalue weighted by atomic mass is 19.4. The van der Waals surface area contributed by atoms with Crippen LogP contribution < -0.4 is 0 Å². The number of hydrogen-bond acceptors (Lipinski definition) is 2. The third-order valence-electron chi connectivity index (χ3n) is 2.57. The predicted molar refractivity (Wildman–Crippen MR) is 54.3 cm³/mol. The van der Waals surface area contributed by atoms with Crippen molar-refractivity contribution in [2.45, 2.75) is 25.1 Å². The molecule has 1 aromatic heterocycles. The van der Waals surface area contributed by atoms with E-state index in [1.54, 1.807) is 0 Å².